The lowest BCUT2D eigenvalue weighted by Crippen LogP contribution is -2.64. The maximum atomic E-state index is 12.7. The fourth-order valence-corrected chi connectivity index (χ4v) is 6.70. The number of aliphatic hydroxyl groups excluding tert-OH is 5. The number of aliphatic hydroxyl groups is 5. The van der Waals surface area contributed by atoms with E-state index in [1.165, 1.54) is 25.7 Å². The SMILES string of the molecule is CCC/C=C\C/C=C\CCCCCCCC(=O)OC(COCCCCCCCC/C=C\CCCC)COP(=O)(O)OC1C(O)C(O)C(O)C(O)C1O. The van der Waals surface area contributed by atoms with Crippen LogP contribution < -0.4 is 0 Å². The molecule has 0 heterocycles. The molecule has 0 radical (unpaired) electrons. The van der Waals surface area contributed by atoms with E-state index in [9.17, 15) is 39.8 Å². The summed E-state index contributed by atoms with van der Waals surface area (Å²) in [6.45, 7) is 4.10. The van der Waals surface area contributed by atoms with Crippen molar-refractivity contribution in [2.24, 2.45) is 0 Å². The maximum absolute atomic E-state index is 12.7. The molecule has 1 aliphatic carbocycles. The number of phosphoric ester groups is 1. The highest BCUT2D eigenvalue weighted by Gasteiger charge is 2.51. The molecule has 1 aliphatic rings. The van der Waals surface area contributed by atoms with Crippen molar-refractivity contribution in [2.45, 2.75) is 185 Å². The summed E-state index contributed by atoms with van der Waals surface area (Å²) < 4.78 is 34.0. The lowest BCUT2D eigenvalue weighted by molar-refractivity contribution is -0.220. The molecule has 0 aromatic heterocycles. The molecule has 0 aromatic rings. The second-order valence-electron chi connectivity index (χ2n) is 13.8. The lowest BCUT2D eigenvalue weighted by Gasteiger charge is -2.41. The van der Waals surface area contributed by atoms with E-state index in [0.717, 1.165) is 89.9 Å². The molecule has 6 unspecified atom stereocenters. The molecule has 304 valence electrons. The quantitative estimate of drug-likeness (QED) is 0.0183. The molecule has 0 aliphatic heterocycles. The number of unbranched alkanes of at least 4 members (excludes halogenated alkanes) is 14. The van der Waals surface area contributed by atoms with Crippen LogP contribution in [0.3, 0.4) is 0 Å². The van der Waals surface area contributed by atoms with Gasteiger partial charge in [0.15, 0.2) is 0 Å². The number of esters is 1. The maximum Gasteiger partial charge on any atom is 0.472 e. The van der Waals surface area contributed by atoms with Crippen molar-refractivity contribution in [3.8, 4) is 0 Å². The third-order valence-electron chi connectivity index (χ3n) is 8.97. The van der Waals surface area contributed by atoms with E-state index in [1.54, 1.807) is 0 Å². The molecular weight excluding hydrogens is 691 g/mol. The average Bonchev–Trinajstić information content (AvgIpc) is 3.12. The predicted molar refractivity (Wildman–Crippen MR) is 202 cm³/mol. The van der Waals surface area contributed by atoms with Gasteiger partial charge in [-0.1, -0.05) is 115 Å². The molecule has 1 fully saturated rings. The van der Waals surface area contributed by atoms with E-state index in [0.29, 0.717) is 13.0 Å². The standard InChI is InChI=1S/C39H71O12P/c1-3-5-7-9-11-13-15-17-18-20-22-24-26-28-33(40)50-32(30-48-29-27-25-23-21-19-16-14-12-10-8-6-4-2)31-49-52(46,47)51-39-37(44)35(42)34(41)36(43)38(39)45/h7,9-10,12-13,15,32,34-39,41-45H,3-6,8,11,14,16-31H2,1-2H3,(H,46,47)/b9-7-,12-10-,15-13-. The summed E-state index contributed by atoms with van der Waals surface area (Å²) in [5.41, 5.74) is 0. The molecule has 12 nitrogen and oxygen atoms in total. The smallest absolute Gasteiger partial charge is 0.457 e. The molecule has 0 bridgehead atoms. The first-order valence-corrected chi connectivity index (χ1v) is 21.3. The summed E-state index contributed by atoms with van der Waals surface area (Å²) in [6.07, 6.45) is 20.8. The first-order valence-electron chi connectivity index (χ1n) is 19.8. The number of carbonyl (C=O) groups is 1. The van der Waals surface area contributed by atoms with E-state index in [4.69, 9.17) is 18.5 Å². The van der Waals surface area contributed by atoms with E-state index < -0.39 is 63.1 Å². The summed E-state index contributed by atoms with van der Waals surface area (Å²) in [5.74, 6) is -0.497. The lowest BCUT2D eigenvalue weighted by atomic mass is 9.85. The highest BCUT2D eigenvalue weighted by atomic mass is 31.2. The highest BCUT2D eigenvalue weighted by Crippen LogP contribution is 2.47. The zero-order valence-electron chi connectivity index (χ0n) is 31.8. The minimum Gasteiger partial charge on any atom is -0.457 e. The number of rotatable bonds is 32. The van der Waals surface area contributed by atoms with Gasteiger partial charge < -0.3 is 39.9 Å². The first kappa shape index (κ1) is 48.6. The fraction of sp³-hybridized carbons (Fsp3) is 0.821. The van der Waals surface area contributed by atoms with E-state index in [1.807, 2.05) is 0 Å². The van der Waals surface area contributed by atoms with Crippen LogP contribution in [-0.2, 0) is 27.9 Å². The van der Waals surface area contributed by atoms with Crippen molar-refractivity contribution in [2.75, 3.05) is 19.8 Å². The van der Waals surface area contributed by atoms with Crippen molar-refractivity contribution >= 4 is 13.8 Å². The molecule has 0 spiro atoms. The first-order chi connectivity index (χ1) is 25.0. The van der Waals surface area contributed by atoms with Crippen molar-refractivity contribution in [1.29, 1.82) is 0 Å². The molecule has 6 atom stereocenters. The van der Waals surface area contributed by atoms with Gasteiger partial charge in [0, 0.05) is 13.0 Å². The molecule has 0 saturated heterocycles. The van der Waals surface area contributed by atoms with Crippen LogP contribution in [-0.4, -0.2) is 98.9 Å². The Hall–Kier alpha value is -1.44. The van der Waals surface area contributed by atoms with Crippen LogP contribution >= 0.6 is 7.82 Å². The van der Waals surface area contributed by atoms with Crippen LogP contribution in [0.4, 0.5) is 0 Å². The Morgan fingerprint density at radius 1 is 0.615 bits per heavy atom. The Labute approximate surface area is 312 Å². The zero-order valence-corrected chi connectivity index (χ0v) is 32.7. The molecular formula is C39H71O12P. The summed E-state index contributed by atoms with van der Waals surface area (Å²) in [4.78, 5) is 23.0. The Morgan fingerprint density at radius 2 is 1.12 bits per heavy atom. The second kappa shape index (κ2) is 30.8. The monoisotopic (exact) mass is 762 g/mol. The molecule has 0 aromatic carbocycles. The third kappa shape index (κ3) is 23.4. The van der Waals surface area contributed by atoms with Gasteiger partial charge in [0.25, 0.3) is 0 Å². The minimum absolute atomic E-state index is 0.0870. The molecule has 13 heteroatoms. The molecule has 1 saturated carbocycles. The van der Waals surface area contributed by atoms with Gasteiger partial charge in [-0.25, -0.2) is 4.57 Å². The number of hydrogen-bond donors (Lipinski definition) is 6. The number of allylic oxidation sites excluding steroid dienone is 6. The van der Waals surface area contributed by atoms with Crippen molar-refractivity contribution < 1.29 is 58.3 Å². The average molecular weight is 763 g/mol. The molecule has 0 amide bonds. The van der Waals surface area contributed by atoms with Gasteiger partial charge in [0.2, 0.25) is 0 Å². The van der Waals surface area contributed by atoms with E-state index in [-0.39, 0.29) is 13.0 Å². The van der Waals surface area contributed by atoms with Gasteiger partial charge in [0.1, 0.15) is 42.7 Å². The Kier molecular flexibility index (Phi) is 28.8. The predicted octanol–water partition coefficient (Wildman–Crippen LogP) is 6.75. The Morgan fingerprint density at radius 3 is 1.71 bits per heavy atom. The van der Waals surface area contributed by atoms with Gasteiger partial charge in [0.05, 0.1) is 13.2 Å². The van der Waals surface area contributed by atoms with Gasteiger partial charge >= 0.3 is 13.8 Å². The number of ether oxygens (including phenoxy) is 2. The molecule has 1 rings (SSSR count). The van der Waals surface area contributed by atoms with Crippen LogP contribution in [0.5, 0.6) is 0 Å². The van der Waals surface area contributed by atoms with E-state index in [2.05, 4.69) is 50.3 Å². The minimum atomic E-state index is -5.01. The Balaban J connectivity index is 2.49. The highest BCUT2D eigenvalue weighted by molar-refractivity contribution is 7.47. The van der Waals surface area contributed by atoms with Crippen molar-refractivity contribution in [3.05, 3.63) is 36.5 Å². The largest absolute Gasteiger partial charge is 0.472 e. The second-order valence-corrected chi connectivity index (χ2v) is 15.2. The van der Waals surface area contributed by atoms with Gasteiger partial charge in [-0.15, -0.1) is 0 Å². The van der Waals surface area contributed by atoms with Gasteiger partial charge in [-0.05, 0) is 57.8 Å². The number of phosphoric acid groups is 1. The normalized spacial score (nSPS) is 24.2. The van der Waals surface area contributed by atoms with Gasteiger partial charge in [-0.2, -0.15) is 0 Å². The van der Waals surface area contributed by atoms with Crippen LogP contribution in [0.2, 0.25) is 0 Å². The topological polar surface area (TPSA) is 192 Å². The molecule has 52 heavy (non-hydrogen) atoms. The number of carbonyl (C=O) groups excluding carboxylic acids is 1. The van der Waals surface area contributed by atoms with E-state index >= 15 is 0 Å². The van der Waals surface area contributed by atoms with Crippen LogP contribution in [0.25, 0.3) is 0 Å². The third-order valence-corrected chi connectivity index (χ3v) is 9.95. The van der Waals surface area contributed by atoms with Crippen LogP contribution in [0.15, 0.2) is 36.5 Å². The zero-order chi connectivity index (χ0) is 38.5. The summed E-state index contributed by atoms with van der Waals surface area (Å²) in [6, 6.07) is 0. The van der Waals surface area contributed by atoms with Crippen LogP contribution in [0.1, 0.15) is 142 Å². The Bertz CT molecular complexity index is 1010. The van der Waals surface area contributed by atoms with Crippen molar-refractivity contribution in [1.82, 2.24) is 0 Å². The van der Waals surface area contributed by atoms with Crippen LogP contribution in [0, 0.1) is 0 Å². The summed E-state index contributed by atoms with van der Waals surface area (Å²) in [5, 5.41) is 50.0. The van der Waals surface area contributed by atoms with Gasteiger partial charge in [-0.3, -0.25) is 13.8 Å². The number of hydrogen-bond acceptors (Lipinski definition) is 11. The van der Waals surface area contributed by atoms with Crippen molar-refractivity contribution in [3.63, 3.8) is 0 Å². The fourth-order valence-electron chi connectivity index (χ4n) is 5.73. The summed E-state index contributed by atoms with van der Waals surface area (Å²) in [7, 11) is -5.01. The molecule has 6 N–H and O–H groups in total. The summed E-state index contributed by atoms with van der Waals surface area (Å²) >= 11 is 0.